The monoisotopic (exact) mass is 310 g/mol. The number of rotatable bonds is 4. The third kappa shape index (κ3) is 3.76. The van der Waals surface area contributed by atoms with Gasteiger partial charge in [-0.2, -0.15) is 0 Å². The summed E-state index contributed by atoms with van der Waals surface area (Å²) in [5.41, 5.74) is 1.64. The Balaban J connectivity index is 2.00. The van der Waals surface area contributed by atoms with Gasteiger partial charge in [0.1, 0.15) is 0 Å². The molecule has 5 heteroatoms. The first kappa shape index (κ1) is 16.3. The van der Waals surface area contributed by atoms with Crippen molar-refractivity contribution in [2.75, 3.05) is 32.8 Å². The van der Waals surface area contributed by atoms with Crippen LogP contribution in [0, 0.1) is 6.92 Å². The maximum absolute atomic E-state index is 12.6. The van der Waals surface area contributed by atoms with Crippen molar-refractivity contribution in [3.05, 3.63) is 34.3 Å². The van der Waals surface area contributed by atoms with Crippen molar-refractivity contribution < 1.29 is 9.90 Å². The normalized spacial score (nSPS) is 17.8. The summed E-state index contributed by atoms with van der Waals surface area (Å²) >= 11 is 5.94. The van der Waals surface area contributed by atoms with Gasteiger partial charge in [-0.25, -0.2) is 0 Å². The van der Waals surface area contributed by atoms with Crippen LogP contribution in [-0.4, -0.2) is 59.6 Å². The van der Waals surface area contributed by atoms with E-state index in [-0.39, 0.29) is 18.6 Å². The molecule has 1 saturated heterocycles. The highest BCUT2D eigenvalue weighted by Crippen LogP contribution is 2.18. The predicted molar refractivity (Wildman–Crippen MR) is 84.8 cm³/mol. The van der Waals surface area contributed by atoms with Gasteiger partial charge in [0.15, 0.2) is 0 Å². The van der Waals surface area contributed by atoms with Crippen molar-refractivity contribution >= 4 is 17.5 Å². The molecule has 1 atom stereocenters. The maximum atomic E-state index is 12.6. The number of piperazine rings is 1. The van der Waals surface area contributed by atoms with Crippen LogP contribution in [0.5, 0.6) is 0 Å². The Bertz CT molecular complexity index is 495. The Labute approximate surface area is 131 Å². The fraction of sp³-hybridized carbons (Fsp3) is 0.562. The minimum Gasteiger partial charge on any atom is -0.395 e. The lowest BCUT2D eigenvalue weighted by Crippen LogP contribution is -2.52. The van der Waals surface area contributed by atoms with Crippen LogP contribution in [0.15, 0.2) is 18.2 Å². The van der Waals surface area contributed by atoms with Crippen LogP contribution < -0.4 is 0 Å². The Kier molecular flexibility index (Phi) is 5.62. The van der Waals surface area contributed by atoms with Crippen LogP contribution in [0.1, 0.15) is 29.3 Å². The van der Waals surface area contributed by atoms with Crippen LogP contribution in [-0.2, 0) is 0 Å². The van der Waals surface area contributed by atoms with E-state index >= 15 is 0 Å². The molecule has 1 aliphatic heterocycles. The minimum absolute atomic E-state index is 0.0702. The Morgan fingerprint density at radius 3 is 2.52 bits per heavy atom. The summed E-state index contributed by atoms with van der Waals surface area (Å²) in [7, 11) is 0. The molecule has 0 spiro atoms. The molecule has 0 saturated carbocycles. The van der Waals surface area contributed by atoms with E-state index in [2.05, 4.69) is 11.8 Å². The molecule has 1 fully saturated rings. The van der Waals surface area contributed by atoms with Crippen LogP contribution in [0.25, 0.3) is 0 Å². The van der Waals surface area contributed by atoms with E-state index in [0.717, 1.165) is 30.6 Å². The number of benzene rings is 1. The standard InChI is InChI=1S/C16H23ClN2O2/c1-3-14(11-20)18-6-8-19(9-7-18)16(21)15-5-4-13(17)10-12(15)2/h4-5,10,14,20H,3,6-9,11H2,1-2H3. The van der Waals surface area contributed by atoms with E-state index in [0.29, 0.717) is 18.1 Å². The van der Waals surface area contributed by atoms with Gasteiger partial charge < -0.3 is 10.0 Å². The first-order valence-electron chi connectivity index (χ1n) is 7.47. The van der Waals surface area contributed by atoms with Gasteiger partial charge in [0.25, 0.3) is 5.91 Å². The van der Waals surface area contributed by atoms with Crippen molar-refractivity contribution in [3.63, 3.8) is 0 Å². The van der Waals surface area contributed by atoms with E-state index in [1.165, 1.54) is 0 Å². The molecule has 0 aliphatic carbocycles. The summed E-state index contributed by atoms with van der Waals surface area (Å²) < 4.78 is 0. The molecule has 0 aromatic heterocycles. The number of aryl methyl sites for hydroxylation is 1. The van der Waals surface area contributed by atoms with Gasteiger partial charge in [-0.05, 0) is 37.1 Å². The summed E-state index contributed by atoms with van der Waals surface area (Å²) in [4.78, 5) is 16.7. The molecule has 1 aromatic carbocycles. The highest BCUT2D eigenvalue weighted by molar-refractivity contribution is 6.30. The zero-order valence-corrected chi connectivity index (χ0v) is 13.4. The first-order chi connectivity index (χ1) is 10.1. The molecule has 1 heterocycles. The highest BCUT2D eigenvalue weighted by atomic mass is 35.5. The van der Waals surface area contributed by atoms with Gasteiger partial charge >= 0.3 is 0 Å². The fourth-order valence-corrected chi connectivity index (χ4v) is 3.06. The number of nitrogens with zero attached hydrogens (tertiary/aromatic N) is 2. The first-order valence-corrected chi connectivity index (χ1v) is 7.85. The Hall–Kier alpha value is -1.10. The molecule has 1 aromatic rings. The van der Waals surface area contributed by atoms with Crippen molar-refractivity contribution in [2.45, 2.75) is 26.3 Å². The molecule has 1 amide bonds. The van der Waals surface area contributed by atoms with E-state index in [4.69, 9.17) is 11.6 Å². The van der Waals surface area contributed by atoms with E-state index in [1.54, 1.807) is 12.1 Å². The molecule has 0 radical (unpaired) electrons. The number of amides is 1. The largest absolute Gasteiger partial charge is 0.395 e. The SMILES string of the molecule is CCC(CO)N1CCN(C(=O)c2ccc(Cl)cc2C)CC1. The molecule has 116 valence electrons. The molecule has 21 heavy (non-hydrogen) atoms. The zero-order valence-electron chi connectivity index (χ0n) is 12.7. The van der Waals surface area contributed by atoms with E-state index in [9.17, 15) is 9.90 Å². The van der Waals surface area contributed by atoms with Crippen molar-refractivity contribution in [3.8, 4) is 0 Å². The number of halogens is 1. The van der Waals surface area contributed by atoms with Crippen molar-refractivity contribution in [2.24, 2.45) is 0 Å². The molecule has 4 nitrogen and oxygen atoms in total. The molecule has 0 bridgehead atoms. The second-order valence-electron chi connectivity index (χ2n) is 5.53. The average molecular weight is 311 g/mol. The van der Waals surface area contributed by atoms with Crippen LogP contribution in [0.4, 0.5) is 0 Å². The summed E-state index contributed by atoms with van der Waals surface area (Å²) in [5, 5.41) is 10.0. The van der Waals surface area contributed by atoms with Crippen LogP contribution in [0.2, 0.25) is 5.02 Å². The fourth-order valence-electron chi connectivity index (χ4n) is 2.83. The molecule has 1 unspecified atom stereocenters. The third-order valence-electron chi connectivity index (χ3n) is 4.22. The lowest BCUT2D eigenvalue weighted by Gasteiger charge is -2.38. The summed E-state index contributed by atoms with van der Waals surface area (Å²) in [6.07, 6.45) is 0.931. The lowest BCUT2D eigenvalue weighted by molar-refractivity contribution is 0.0472. The number of hydrogen-bond donors (Lipinski definition) is 1. The number of hydrogen-bond acceptors (Lipinski definition) is 3. The lowest BCUT2D eigenvalue weighted by atomic mass is 10.1. The topological polar surface area (TPSA) is 43.8 Å². The summed E-state index contributed by atoms with van der Waals surface area (Å²) in [6, 6.07) is 5.59. The molecular weight excluding hydrogens is 288 g/mol. The maximum Gasteiger partial charge on any atom is 0.254 e. The van der Waals surface area contributed by atoms with Crippen molar-refractivity contribution in [1.29, 1.82) is 0 Å². The van der Waals surface area contributed by atoms with Crippen molar-refractivity contribution in [1.82, 2.24) is 9.80 Å². The van der Waals surface area contributed by atoms with Gasteiger partial charge in [-0.3, -0.25) is 9.69 Å². The second-order valence-corrected chi connectivity index (χ2v) is 5.97. The van der Waals surface area contributed by atoms with Gasteiger partial charge in [0.05, 0.1) is 6.61 Å². The number of carbonyl (C=O) groups excluding carboxylic acids is 1. The third-order valence-corrected chi connectivity index (χ3v) is 4.45. The zero-order chi connectivity index (χ0) is 15.4. The van der Waals surface area contributed by atoms with Crippen LogP contribution in [0.3, 0.4) is 0 Å². The van der Waals surface area contributed by atoms with Crippen LogP contribution >= 0.6 is 11.6 Å². The number of aliphatic hydroxyl groups is 1. The van der Waals surface area contributed by atoms with Gasteiger partial charge in [-0.1, -0.05) is 18.5 Å². The highest BCUT2D eigenvalue weighted by Gasteiger charge is 2.26. The van der Waals surface area contributed by atoms with E-state index < -0.39 is 0 Å². The van der Waals surface area contributed by atoms with Gasteiger partial charge in [0.2, 0.25) is 0 Å². The minimum atomic E-state index is 0.0702. The quantitative estimate of drug-likeness (QED) is 0.927. The van der Waals surface area contributed by atoms with E-state index in [1.807, 2.05) is 17.9 Å². The Morgan fingerprint density at radius 2 is 2.00 bits per heavy atom. The molecule has 1 aliphatic rings. The summed E-state index contributed by atoms with van der Waals surface area (Å²) in [5.74, 6) is 0.0702. The number of carbonyl (C=O) groups is 1. The average Bonchev–Trinajstić information content (AvgIpc) is 2.48. The predicted octanol–water partition coefficient (Wildman–Crippen LogP) is 2.18. The molecular formula is C16H23ClN2O2. The smallest absolute Gasteiger partial charge is 0.254 e. The van der Waals surface area contributed by atoms with Gasteiger partial charge in [0, 0.05) is 42.8 Å². The molecule has 1 N–H and O–H groups in total. The molecule has 2 rings (SSSR count). The second kappa shape index (κ2) is 7.25. The van der Waals surface area contributed by atoms with Gasteiger partial charge in [-0.15, -0.1) is 0 Å². The summed E-state index contributed by atoms with van der Waals surface area (Å²) in [6.45, 7) is 7.22. The number of aliphatic hydroxyl groups excluding tert-OH is 1. The Morgan fingerprint density at radius 1 is 1.33 bits per heavy atom.